The summed E-state index contributed by atoms with van der Waals surface area (Å²) >= 11 is 0. The monoisotopic (exact) mass is 452 g/mol. The number of amides is 1. The summed E-state index contributed by atoms with van der Waals surface area (Å²) in [5, 5.41) is 5.58. The van der Waals surface area contributed by atoms with Gasteiger partial charge in [0, 0.05) is 31.2 Å². The molecule has 0 heterocycles. The standard InChI is InChI=1S/C22H36N4O6/c1-6-16(7-2)32-18-13-15(21(29)31-9-4)12-17(20(18)25-14(5)27)26-22(23)24-11-10-19(28)30-8-3/h10-11,13,16-18,20H,6-9,12H2,1-5H3,(H,25,27)(H3,23,24,26)/b11-10+/t17-,18+,20+/m0/s1. The van der Waals surface area contributed by atoms with Crippen molar-refractivity contribution >= 4 is 23.8 Å². The molecule has 0 unspecified atom stereocenters. The van der Waals surface area contributed by atoms with Gasteiger partial charge in [-0.15, -0.1) is 0 Å². The molecule has 0 bridgehead atoms. The molecule has 0 aliphatic heterocycles. The second kappa shape index (κ2) is 14.2. The molecular weight excluding hydrogens is 416 g/mol. The first-order valence-electron chi connectivity index (χ1n) is 11.0. The molecule has 0 spiro atoms. The molecule has 1 amide bonds. The maximum atomic E-state index is 12.4. The molecule has 0 radical (unpaired) electrons. The van der Waals surface area contributed by atoms with Gasteiger partial charge < -0.3 is 30.6 Å². The lowest BCUT2D eigenvalue weighted by Gasteiger charge is -2.36. The van der Waals surface area contributed by atoms with Crippen LogP contribution in [0.5, 0.6) is 0 Å². The van der Waals surface area contributed by atoms with Crippen LogP contribution >= 0.6 is 0 Å². The molecule has 32 heavy (non-hydrogen) atoms. The van der Waals surface area contributed by atoms with E-state index in [1.165, 1.54) is 19.2 Å². The lowest BCUT2D eigenvalue weighted by molar-refractivity contribution is -0.139. The van der Waals surface area contributed by atoms with Crippen LogP contribution in [0.1, 0.15) is 53.9 Å². The quantitative estimate of drug-likeness (QED) is 0.184. The zero-order chi connectivity index (χ0) is 24.1. The molecule has 1 rings (SSSR count). The number of aliphatic imine (C=N–C) groups is 1. The minimum absolute atomic E-state index is 0.0114. The highest BCUT2D eigenvalue weighted by Crippen LogP contribution is 2.27. The Morgan fingerprint density at radius 3 is 2.41 bits per heavy atom. The van der Waals surface area contributed by atoms with E-state index in [-0.39, 0.29) is 37.6 Å². The number of carbonyl (C=O) groups excluding carboxylic acids is 3. The highest BCUT2D eigenvalue weighted by molar-refractivity contribution is 5.89. The fourth-order valence-electron chi connectivity index (χ4n) is 3.28. The molecule has 1 aliphatic carbocycles. The van der Waals surface area contributed by atoms with Crippen LogP contribution in [0.25, 0.3) is 0 Å². The normalized spacial score (nSPS) is 21.2. The van der Waals surface area contributed by atoms with Crippen molar-refractivity contribution in [2.45, 2.75) is 78.2 Å². The fourth-order valence-corrected chi connectivity index (χ4v) is 3.28. The van der Waals surface area contributed by atoms with Crippen molar-refractivity contribution in [1.82, 2.24) is 10.6 Å². The molecule has 0 aromatic heterocycles. The van der Waals surface area contributed by atoms with Crippen LogP contribution in [0.4, 0.5) is 0 Å². The van der Waals surface area contributed by atoms with Crippen molar-refractivity contribution in [1.29, 1.82) is 0 Å². The Labute approximate surface area is 189 Å². The third-order valence-corrected chi connectivity index (χ3v) is 4.77. The van der Waals surface area contributed by atoms with Crippen molar-refractivity contribution in [3.8, 4) is 0 Å². The molecule has 10 nitrogen and oxygen atoms in total. The Morgan fingerprint density at radius 1 is 1.19 bits per heavy atom. The maximum Gasteiger partial charge on any atom is 0.333 e. The summed E-state index contributed by atoms with van der Waals surface area (Å²) in [6.45, 7) is 9.35. The number of nitrogens with zero attached hydrogens (tertiary/aromatic N) is 1. The number of hydrogen-bond donors (Lipinski definition) is 3. The molecule has 1 aliphatic rings. The van der Waals surface area contributed by atoms with Crippen LogP contribution in [0.2, 0.25) is 0 Å². The van der Waals surface area contributed by atoms with Crippen molar-refractivity contribution < 1.29 is 28.6 Å². The van der Waals surface area contributed by atoms with E-state index in [0.29, 0.717) is 5.57 Å². The Hall–Kier alpha value is -2.88. The van der Waals surface area contributed by atoms with Gasteiger partial charge in [-0.3, -0.25) is 4.79 Å². The lowest BCUT2D eigenvalue weighted by atomic mass is 9.88. The van der Waals surface area contributed by atoms with E-state index < -0.39 is 30.1 Å². The van der Waals surface area contributed by atoms with Gasteiger partial charge in [0.2, 0.25) is 5.91 Å². The highest BCUT2D eigenvalue weighted by Gasteiger charge is 2.38. The molecule has 0 aromatic rings. The molecule has 0 saturated carbocycles. The zero-order valence-corrected chi connectivity index (χ0v) is 19.6. The van der Waals surface area contributed by atoms with Gasteiger partial charge in [-0.1, -0.05) is 13.8 Å². The maximum absolute atomic E-state index is 12.4. The van der Waals surface area contributed by atoms with Crippen LogP contribution in [0.3, 0.4) is 0 Å². The minimum Gasteiger partial charge on any atom is -0.463 e. The van der Waals surface area contributed by atoms with E-state index in [1.54, 1.807) is 19.9 Å². The van der Waals surface area contributed by atoms with Crippen molar-refractivity contribution in [3.63, 3.8) is 0 Å². The van der Waals surface area contributed by atoms with Crippen molar-refractivity contribution in [2.75, 3.05) is 13.2 Å². The van der Waals surface area contributed by atoms with Gasteiger partial charge >= 0.3 is 11.9 Å². The SMILES string of the molecule is CCOC(=O)/C=C/NC(N)=N[C@H]1CC(C(=O)OCC)=C[C@@H](OC(CC)CC)[C@@H]1NC(C)=O. The van der Waals surface area contributed by atoms with E-state index in [0.717, 1.165) is 12.8 Å². The van der Waals surface area contributed by atoms with Gasteiger partial charge in [-0.2, -0.15) is 0 Å². The van der Waals surface area contributed by atoms with Gasteiger partial charge in [0.1, 0.15) is 0 Å². The topological polar surface area (TPSA) is 141 Å². The average molecular weight is 453 g/mol. The Bertz CT molecular complexity index is 730. The van der Waals surface area contributed by atoms with E-state index in [2.05, 4.69) is 15.6 Å². The van der Waals surface area contributed by atoms with Crippen molar-refractivity contribution in [3.05, 3.63) is 23.9 Å². The second-order valence-corrected chi connectivity index (χ2v) is 7.19. The number of nitrogens with two attached hydrogens (primary N) is 1. The molecule has 4 N–H and O–H groups in total. The fraction of sp³-hybridized carbons (Fsp3) is 0.636. The van der Waals surface area contributed by atoms with Gasteiger partial charge in [0.25, 0.3) is 0 Å². The Kier molecular flexibility index (Phi) is 12.1. The summed E-state index contributed by atoms with van der Waals surface area (Å²) in [6.07, 6.45) is 5.31. The van der Waals surface area contributed by atoms with Crippen molar-refractivity contribution in [2.24, 2.45) is 10.7 Å². The lowest BCUT2D eigenvalue weighted by Crippen LogP contribution is -2.54. The third-order valence-electron chi connectivity index (χ3n) is 4.77. The second-order valence-electron chi connectivity index (χ2n) is 7.19. The van der Waals surface area contributed by atoms with Gasteiger partial charge in [0.05, 0.1) is 37.5 Å². The Balaban J connectivity index is 3.20. The summed E-state index contributed by atoms with van der Waals surface area (Å²) in [6, 6.07) is -1.13. The molecule has 3 atom stereocenters. The number of esters is 2. The van der Waals surface area contributed by atoms with Crippen LogP contribution in [-0.4, -0.2) is 61.3 Å². The first-order chi connectivity index (χ1) is 15.2. The van der Waals surface area contributed by atoms with E-state index >= 15 is 0 Å². The molecular formula is C22H36N4O6. The molecule has 0 aromatic carbocycles. The minimum atomic E-state index is -0.592. The highest BCUT2D eigenvalue weighted by atomic mass is 16.5. The van der Waals surface area contributed by atoms with Gasteiger partial charge in [-0.05, 0) is 32.8 Å². The number of rotatable bonds is 11. The van der Waals surface area contributed by atoms with Crippen LogP contribution in [-0.2, 0) is 28.6 Å². The first kappa shape index (κ1) is 27.2. The predicted molar refractivity (Wildman–Crippen MR) is 120 cm³/mol. The number of hydrogen-bond acceptors (Lipinski definition) is 7. The van der Waals surface area contributed by atoms with Crippen LogP contribution in [0.15, 0.2) is 28.9 Å². The smallest absolute Gasteiger partial charge is 0.333 e. The summed E-state index contributed by atoms with van der Waals surface area (Å²) < 4.78 is 16.2. The predicted octanol–water partition coefficient (Wildman–Crippen LogP) is 1.31. The molecule has 10 heteroatoms. The summed E-state index contributed by atoms with van der Waals surface area (Å²) in [4.78, 5) is 40.2. The summed E-state index contributed by atoms with van der Waals surface area (Å²) in [5.41, 5.74) is 6.39. The summed E-state index contributed by atoms with van der Waals surface area (Å²) in [5.74, 6) is -1.22. The zero-order valence-electron chi connectivity index (χ0n) is 19.6. The first-order valence-corrected chi connectivity index (χ1v) is 11.0. The van der Waals surface area contributed by atoms with E-state index in [4.69, 9.17) is 19.9 Å². The number of ether oxygens (including phenoxy) is 3. The third kappa shape index (κ3) is 9.09. The van der Waals surface area contributed by atoms with Crippen LogP contribution < -0.4 is 16.4 Å². The molecule has 0 fully saturated rings. The molecule has 0 saturated heterocycles. The molecule has 180 valence electrons. The number of carbonyl (C=O) groups is 3. The van der Waals surface area contributed by atoms with Gasteiger partial charge in [-0.25, -0.2) is 14.6 Å². The van der Waals surface area contributed by atoms with Crippen LogP contribution in [0, 0.1) is 0 Å². The van der Waals surface area contributed by atoms with E-state index in [9.17, 15) is 14.4 Å². The largest absolute Gasteiger partial charge is 0.463 e. The number of guanidine groups is 1. The Morgan fingerprint density at radius 2 is 1.84 bits per heavy atom. The number of nitrogens with one attached hydrogen (secondary N) is 2. The average Bonchev–Trinajstić information content (AvgIpc) is 2.73. The van der Waals surface area contributed by atoms with Gasteiger partial charge in [0.15, 0.2) is 5.96 Å². The summed E-state index contributed by atoms with van der Waals surface area (Å²) in [7, 11) is 0. The van der Waals surface area contributed by atoms with E-state index in [1.807, 2.05) is 13.8 Å².